The predicted octanol–water partition coefficient (Wildman–Crippen LogP) is 1.21. The van der Waals surface area contributed by atoms with Gasteiger partial charge in [-0.1, -0.05) is 6.92 Å². The number of rotatable bonds is 2. The van der Waals surface area contributed by atoms with Crippen LogP contribution in [0, 0.1) is 5.92 Å². The Hall–Kier alpha value is -1.16. The molecule has 1 unspecified atom stereocenters. The molecule has 82 valence electrons. The molecule has 1 aromatic rings. The number of anilines is 1. The molecule has 4 heteroatoms. The summed E-state index contributed by atoms with van der Waals surface area (Å²) in [4.78, 5) is 2.27. The van der Waals surface area contributed by atoms with Crippen molar-refractivity contribution >= 4 is 5.82 Å². The Kier molecular flexibility index (Phi) is 3.16. The van der Waals surface area contributed by atoms with Crippen LogP contribution in [0.4, 0.5) is 5.82 Å². The highest BCUT2D eigenvalue weighted by Crippen LogP contribution is 2.20. The molecule has 1 aromatic heterocycles. The first-order valence-corrected chi connectivity index (χ1v) is 5.48. The van der Waals surface area contributed by atoms with Gasteiger partial charge in [-0.25, -0.2) is 0 Å². The van der Waals surface area contributed by atoms with Gasteiger partial charge in [0.2, 0.25) is 0 Å². The van der Waals surface area contributed by atoms with Gasteiger partial charge in [-0.15, -0.1) is 5.10 Å². The zero-order chi connectivity index (χ0) is 10.7. The van der Waals surface area contributed by atoms with Crippen molar-refractivity contribution < 1.29 is 5.11 Å². The predicted molar refractivity (Wildman–Crippen MR) is 58.6 cm³/mol. The maximum atomic E-state index is 8.86. The quantitative estimate of drug-likeness (QED) is 0.791. The fourth-order valence-electron chi connectivity index (χ4n) is 2.00. The maximum absolute atomic E-state index is 8.86. The van der Waals surface area contributed by atoms with Crippen LogP contribution in [0.1, 0.15) is 25.5 Å². The molecular formula is C11H17N3O. The van der Waals surface area contributed by atoms with Crippen molar-refractivity contribution in [1.29, 1.82) is 0 Å². The number of aromatic nitrogens is 2. The van der Waals surface area contributed by atoms with Crippen molar-refractivity contribution in [2.45, 2.75) is 26.4 Å². The average Bonchev–Trinajstić information content (AvgIpc) is 2.29. The lowest BCUT2D eigenvalue weighted by molar-refractivity contribution is 0.275. The molecule has 1 N–H and O–H groups in total. The van der Waals surface area contributed by atoms with E-state index in [1.165, 1.54) is 12.8 Å². The summed E-state index contributed by atoms with van der Waals surface area (Å²) < 4.78 is 0. The average molecular weight is 207 g/mol. The first-order chi connectivity index (χ1) is 7.29. The number of hydrogen-bond acceptors (Lipinski definition) is 4. The van der Waals surface area contributed by atoms with Crippen LogP contribution in [0.15, 0.2) is 12.1 Å². The number of hydrogen-bond donors (Lipinski definition) is 1. The smallest absolute Gasteiger partial charge is 0.151 e. The van der Waals surface area contributed by atoms with E-state index in [-0.39, 0.29) is 6.61 Å². The molecule has 0 amide bonds. The molecule has 1 fully saturated rings. The van der Waals surface area contributed by atoms with Gasteiger partial charge in [0.25, 0.3) is 0 Å². The highest BCUT2D eigenvalue weighted by Gasteiger charge is 2.17. The fraction of sp³-hybridized carbons (Fsp3) is 0.636. The van der Waals surface area contributed by atoms with E-state index in [9.17, 15) is 0 Å². The van der Waals surface area contributed by atoms with E-state index >= 15 is 0 Å². The van der Waals surface area contributed by atoms with Crippen LogP contribution in [0.5, 0.6) is 0 Å². The molecule has 0 aromatic carbocycles. The molecule has 0 radical (unpaired) electrons. The summed E-state index contributed by atoms with van der Waals surface area (Å²) in [6, 6.07) is 3.78. The molecule has 0 saturated carbocycles. The molecular weight excluding hydrogens is 190 g/mol. The molecule has 15 heavy (non-hydrogen) atoms. The molecule has 1 aliphatic heterocycles. The van der Waals surface area contributed by atoms with Crippen LogP contribution in [-0.4, -0.2) is 28.4 Å². The van der Waals surface area contributed by atoms with Gasteiger partial charge in [0.05, 0.1) is 12.3 Å². The molecule has 2 heterocycles. The van der Waals surface area contributed by atoms with Gasteiger partial charge < -0.3 is 10.0 Å². The fourth-order valence-corrected chi connectivity index (χ4v) is 2.00. The first kappa shape index (κ1) is 10.4. The van der Waals surface area contributed by atoms with Crippen molar-refractivity contribution in [3.05, 3.63) is 17.8 Å². The minimum atomic E-state index is -0.0380. The lowest BCUT2D eigenvalue weighted by Gasteiger charge is -2.31. The second-order valence-corrected chi connectivity index (χ2v) is 4.23. The van der Waals surface area contributed by atoms with E-state index in [2.05, 4.69) is 22.0 Å². The zero-order valence-electron chi connectivity index (χ0n) is 9.06. The normalized spacial score (nSPS) is 21.7. The highest BCUT2D eigenvalue weighted by molar-refractivity contribution is 5.37. The second-order valence-electron chi connectivity index (χ2n) is 4.23. The Morgan fingerprint density at radius 3 is 2.93 bits per heavy atom. The first-order valence-electron chi connectivity index (χ1n) is 5.48. The molecule has 1 saturated heterocycles. The Labute approximate surface area is 89.9 Å². The van der Waals surface area contributed by atoms with Gasteiger partial charge >= 0.3 is 0 Å². The summed E-state index contributed by atoms with van der Waals surface area (Å²) in [7, 11) is 0. The SMILES string of the molecule is CC1CCCN(c2ccc(CO)nn2)C1. The standard InChI is InChI=1S/C11H17N3O/c1-9-3-2-6-14(7-9)11-5-4-10(8-15)12-13-11/h4-5,9,15H,2-3,6-8H2,1H3. The lowest BCUT2D eigenvalue weighted by atomic mass is 10.0. The molecule has 4 nitrogen and oxygen atoms in total. The van der Waals surface area contributed by atoms with Crippen molar-refractivity contribution in [3.8, 4) is 0 Å². The Morgan fingerprint density at radius 2 is 2.33 bits per heavy atom. The summed E-state index contributed by atoms with van der Waals surface area (Å²) in [5.74, 6) is 1.66. The molecule has 0 bridgehead atoms. The lowest BCUT2D eigenvalue weighted by Crippen LogP contribution is -2.34. The summed E-state index contributed by atoms with van der Waals surface area (Å²) in [6.07, 6.45) is 2.53. The third-order valence-corrected chi connectivity index (χ3v) is 2.85. The van der Waals surface area contributed by atoms with Gasteiger partial charge in [-0.3, -0.25) is 0 Å². The van der Waals surface area contributed by atoms with Crippen LogP contribution < -0.4 is 4.90 Å². The van der Waals surface area contributed by atoms with E-state index in [0.717, 1.165) is 24.8 Å². The minimum Gasteiger partial charge on any atom is -0.390 e. The molecule has 1 aliphatic rings. The highest BCUT2D eigenvalue weighted by atomic mass is 16.3. The third kappa shape index (κ3) is 2.45. The Balaban J connectivity index is 2.07. The van der Waals surface area contributed by atoms with E-state index in [0.29, 0.717) is 5.69 Å². The van der Waals surface area contributed by atoms with Gasteiger partial charge in [0.1, 0.15) is 0 Å². The number of piperidine rings is 1. The number of aliphatic hydroxyl groups is 1. The van der Waals surface area contributed by atoms with Crippen LogP contribution in [0.25, 0.3) is 0 Å². The summed E-state index contributed by atoms with van der Waals surface area (Å²) in [5, 5.41) is 16.9. The minimum absolute atomic E-state index is 0.0380. The molecule has 2 rings (SSSR count). The Morgan fingerprint density at radius 1 is 1.47 bits per heavy atom. The molecule has 0 spiro atoms. The summed E-state index contributed by atoms with van der Waals surface area (Å²) in [5.41, 5.74) is 0.629. The van der Waals surface area contributed by atoms with E-state index in [4.69, 9.17) is 5.11 Å². The molecule has 1 atom stereocenters. The van der Waals surface area contributed by atoms with Crippen molar-refractivity contribution in [2.75, 3.05) is 18.0 Å². The van der Waals surface area contributed by atoms with Crippen LogP contribution >= 0.6 is 0 Å². The maximum Gasteiger partial charge on any atom is 0.151 e. The zero-order valence-corrected chi connectivity index (χ0v) is 9.06. The van der Waals surface area contributed by atoms with E-state index < -0.39 is 0 Å². The largest absolute Gasteiger partial charge is 0.390 e. The Bertz CT molecular complexity index is 312. The second kappa shape index (κ2) is 4.57. The van der Waals surface area contributed by atoms with Gasteiger partial charge in [-0.2, -0.15) is 5.10 Å². The van der Waals surface area contributed by atoms with Gasteiger partial charge in [0.15, 0.2) is 5.82 Å². The van der Waals surface area contributed by atoms with Crippen LogP contribution in [-0.2, 0) is 6.61 Å². The summed E-state index contributed by atoms with van der Waals surface area (Å²) >= 11 is 0. The summed E-state index contributed by atoms with van der Waals surface area (Å²) in [6.45, 7) is 4.36. The topological polar surface area (TPSA) is 49.2 Å². The van der Waals surface area contributed by atoms with E-state index in [1.54, 1.807) is 0 Å². The third-order valence-electron chi connectivity index (χ3n) is 2.85. The van der Waals surface area contributed by atoms with E-state index in [1.807, 2.05) is 12.1 Å². The monoisotopic (exact) mass is 207 g/mol. The number of nitrogens with zero attached hydrogens (tertiary/aromatic N) is 3. The van der Waals surface area contributed by atoms with Crippen LogP contribution in [0.2, 0.25) is 0 Å². The van der Waals surface area contributed by atoms with Crippen molar-refractivity contribution in [2.24, 2.45) is 5.92 Å². The van der Waals surface area contributed by atoms with Gasteiger partial charge in [0, 0.05) is 13.1 Å². The van der Waals surface area contributed by atoms with Gasteiger partial charge in [-0.05, 0) is 30.9 Å². The van der Waals surface area contributed by atoms with Crippen LogP contribution in [0.3, 0.4) is 0 Å². The van der Waals surface area contributed by atoms with Crippen molar-refractivity contribution in [3.63, 3.8) is 0 Å². The van der Waals surface area contributed by atoms with Crippen molar-refractivity contribution in [1.82, 2.24) is 10.2 Å². The molecule has 0 aliphatic carbocycles. The number of aliphatic hydroxyl groups excluding tert-OH is 1.